The van der Waals surface area contributed by atoms with Crippen molar-refractivity contribution < 1.29 is 4.79 Å². The van der Waals surface area contributed by atoms with E-state index in [1.165, 1.54) is 10.5 Å². The molecule has 5 heteroatoms. The molecule has 3 rings (SSSR count). The summed E-state index contributed by atoms with van der Waals surface area (Å²) in [6.07, 6.45) is 6.04. The Kier molecular flexibility index (Phi) is 6.48. The van der Waals surface area contributed by atoms with Gasteiger partial charge in [0.25, 0.3) is 5.91 Å². The lowest BCUT2D eigenvalue weighted by Crippen LogP contribution is -2.38. The second-order valence-electron chi connectivity index (χ2n) is 6.46. The Bertz CT molecular complexity index is 684. The molecule has 1 saturated heterocycles. The van der Waals surface area contributed by atoms with Crippen molar-refractivity contribution in [3.8, 4) is 0 Å². The van der Waals surface area contributed by atoms with Crippen LogP contribution in [0.1, 0.15) is 28.9 Å². The highest BCUT2D eigenvalue weighted by atomic mass is 32.2. The van der Waals surface area contributed by atoms with E-state index in [9.17, 15) is 4.79 Å². The quantitative estimate of drug-likeness (QED) is 0.806. The average molecular weight is 356 g/mol. The molecular formula is C20H25N3OS. The van der Waals surface area contributed by atoms with E-state index >= 15 is 0 Å². The molecule has 1 aromatic carbocycles. The molecule has 1 amide bonds. The van der Waals surface area contributed by atoms with Gasteiger partial charge in [0.2, 0.25) is 0 Å². The summed E-state index contributed by atoms with van der Waals surface area (Å²) in [5.74, 6) is 0.483. The van der Waals surface area contributed by atoms with Crippen LogP contribution in [0.3, 0.4) is 0 Å². The van der Waals surface area contributed by atoms with Crippen molar-refractivity contribution in [2.24, 2.45) is 5.92 Å². The van der Waals surface area contributed by atoms with Crippen molar-refractivity contribution >= 4 is 17.7 Å². The number of amides is 1. The molecule has 1 N–H and O–H groups in total. The van der Waals surface area contributed by atoms with Gasteiger partial charge in [-0.1, -0.05) is 24.3 Å². The summed E-state index contributed by atoms with van der Waals surface area (Å²) < 4.78 is 0. The highest BCUT2D eigenvalue weighted by Gasteiger charge is 2.20. The van der Waals surface area contributed by atoms with Gasteiger partial charge in [-0.25, -0.2) is 0 Å². The second-order valence-corrected chi connectivity index (χ2v) is 7.30. The SMILES string of the molecule is CSc1ccccc1CN1CCC(CNC(=O)c2ccccn2)CC1. The lowest BCUT2D eigenvalue weighted by atomic mass is 9.96. The number of aromatic nitrogens is 1. The second kappa shape index (κ2) is 9.02. The minimum Gasteiger partial charge on any atom is -0.350 e. The predicted octanol–water partition coefficient (Wildman–Crippen LogP) is 3.45. The molecule has 0 saturated carbocycles. The molecule has 0 spiro atoms. The molecule has 25 heavy (non-hydrogen) atoms. The van der Waals surface area contributed by atoms with Gasteiger partial charge in [-0.3, -0.25) is 14.7 Å². The Hall–Kier alpha value is -1.85. The van der Waals surface area contributed by atoms with Gasteiger partial charge in [0, 0.05) is 24.2 Å². The molecule has 1 fully saturated rings. The zero-order chi connectivity index (χ0) is 17.5. The van der Waals surface area contributed by atoms with Crippen molar-refractivity contribution in [1.29, 1.82) is 0 Å². The first-order valence-electron chi connectivity index (χ1n) is 8.79. The first-order chi connectivity index (χ1) is 12.3. The van der Waals surface area contributed by atoms with Gasteiger partial charge in [0.1, 0.15) is 5.69 Å². The maximum absolute atomic E-state index is 12.1. The smallest absolute Gasteiger partial charge is 0.269 e. The van der Waals surface area contributed by atoms with Gasteiger partial charge in [-0.15, -0.1) is 11.8 Å². The molecule has 132 valence electrons. The summed E-state index contributed by atoms with van der Waals surface area (Å²) in [6.45, 7) is 3.94. The topological polar surface area (TPSA) is 45.2 Å². The monoisotopic (exact) mass is 355 g/mol. The average Bonchev–Trinajstić information content (AvgIpc) is 2.68. The highest BCUT2D eigenvalue weighted by molar-refractivity contribution is 7.98. The van der Waals surface area contributed by atoms with E-state index in [2.05, 4.69) is 45.7 Å². The van der Waals surface area contributed by atoms with Gasteiger partial charge < -0.3 is 5.32 Å². The van der Waals surface area contributed by atoms with Crippen LogP contribution in [-0.2, 0) is 6.54 Å². The summed E-state index contributed by atoms with van der Waals surface area (Å²) in [7, 11) is 0. The van der Waals surface area contributed by atoms with E-state index in [4.69, 9.17) is 0 Å². The third kappa shape index (κ3) is 5.06. The third-order valence-electron chi connectivity index (χ3n) is 4.74. The molecule has 0 bridgehead atoms. The van der Waals surface area contributed by atoms with Gasteiger partial charge in [-0.2, -0.15) is 0 Å². The van der Waals surface area contributed by atoms with Crippen molar-refractivity contribution in [3.05, 3.63) is 59.9 Å². The summed E-state index contributed by atoms with van der Waals surface area (Å²) in [5, 5.41) is 3.03. The maximum atomic E-state index is 12.1. The third-order valence-corrected chi connectivity index (χ3v) is 5.58. The zero-order valence-corrected chi connectivity index (χ0v) is 15.5. The fourth-order valence-electron chi connectivity index (χ4n) is 3.25. The number of thioether (sulfide) groups is 1. The molecule has 1 aliphatic heterocycles. The largest absolute Gasteiger partial charge is 0.350 e. The van der Waals surface area contributed by atoms with Crippen molar-refractivity contribution in [3.63, 3.8) is 0 Å². The minimum absolute atomic E-state index is 0.0723. The fraction of sp³-hybridized carbons (Fsp3) is 0.400. The van der Waals surface area contributed by atoms with E-state index in [-0.39, 0.29) is 5.91 Å². The van der Waals surface area contributed by atoms with Crippen LogP contribution in [0.4, 0.5) is 0 Å². The van der Waals surface area contributed by atoms with E-state index < -0.39 is 0 Å². The normalized spacial score (nSPS) is 15.9. The molecule has 4 nitrogen and oxygen atoms in total. The van der Waals surface area contributed by atoms with E-state index in [0.29, 0.717) is 11.6 Å². The van der Waals surface area contributed by atoms with Crippen LogP contribution in [0.5, 0.6) is 0 Å². The first kappa shape index (κ1) is 18.0. The Labute approximate surface area is 154 Å². The molecule has 2 heterocycles. The molecule has 0 radical (unpaired) electrons. The van der Waals surface area contributed by atoms with E-state index in [1.54, 1.807) is 12.3 Å². The number of benzene rings is 1. The number of nitrogens with one attached hydrogen (secondary N) is 1. The zero-order valence-electron chi connectivity index (χ0n) is 14.6. The van der Waals surface area contributed by atoms with Crippen LogP contribution in [0.25, 0.3) is 0 Å². The van der Waals surface area contributed by atoms with Gasteiger partial charge in [0.05, 0.1) is 0 Å². The number of nitrogens with zero attached hydrogens (tertiary/aromatic N) is 2. The van der Waals surface area contributed by atoms with Gasteiger partial charge in [-0.05, 0) is 61.9 Å². The molecular weight excluding hydrogens is 330 g/mol. The fourth-order valence-corrected chi connectivity index (χ4v) is 3.86. The van der Waals surface area contributed by atoms with E-state index in [0.717, 1.165) is 39.0 Å². The highest BCUT2D eigenvalue weighted by Crippen LogP contribution is 2.24. The Balaban J connectivity index is 1.43. The summed E-state index contributed by atoms with van der Waals surface area (Å²) in [4.78, 5) is 20.1. The number of hydrogen-bond acceptors (Lipinski definition) is 4. The molecule has 1 aromatic heterocycles. The van der Waals surface area contributed by atoms with Gasteiger partial charge in [0.15, 0.2) is 0 Å². The summed E-state index contributed by atoms with van der Waals surface area (Å²) in [5.41, 5.74) is 1.91. The van der Waals surface area contributed by atoms with Crippen molar-refractivity contribution in [1.82, 2.24) is 15.2 Å². The number of rotatable bonds is 6. The lowest BCUT2D eigenvalue weighted by Gasteiger charge is -2.32. The number of piperidine rings is 1. The van der Waals surface area contributed by atoms with Gasteiger partial charge >= 0.3 is 0 Å². The molecule has 1 aliphatic rings. The number of hydrogen-bond donors (Lipinski definition) is 1. The Morgan fingerprint density at radius 2 is 1.96 bits per heavy atom. The van der Waals surface area contributed by atoms with Crippen LogP contribution < -0.4 is 5.32 Å². The van der Waals surface area contributed by atoms with Crippen LogP contribution in [-0.4, -0.2) is 41.7 Å². The Morgan fingerprint density at radius 3 is 2.68 bits per heavy atom. The van der Waals surface area contributed by atoms with E-state index in [1.807, 2.05) is 23.9 Å². The number of carbonyl (C=O) groups is 1. The molecule has 0 aliphatic carbocycles. The van der Waals surface area contributed by atoms with Crippen LogP contribution >= 0.6 is 11.8 Å². The predicted molar refractivity (Wildman–Crippen MR) is 103 cm³/mol. The standard InChI is InChI=1S/C20H25N3OS/c1-25-19-8-3-2-6-17(19)15-23-12-9-16(10-13-23)14-22-20(24)18-7-4-5-11-21-18/h2-8,11,16H,9-10,12-15H2,1H3,(H,22,24). The lowest BCUT2D eigenvalue weighted by molar-refractivity contribution is 0.0930. The number of likely N-dealkylation sites (tertiary alicyclic amines) is 1. The summed E-state index contributed by atoms with van der Waals surface area (Å²) >= 11 is 1.81. The number of pyridine rings is 1. The van der Waals surface area contributed by atoms with Crippen LogP contribution in [0.2, 0.25) is 0 Å². The van der Waals surface area contributed by atoms with Crippen molar-refractivity contribution in [2.45, 2.75) is 24.3 Å². The van der Waals surface area contributed by atoms with Crippen molar-refractivity contribution in [2.75, 3.05) is 25.9 Å². The van der Waals surface area contributed by atoms with Crippen LogP contribution in [0.15, 0.2) is 53.6 Å². The number of carbonyl (C=O) groups excluding carboxylic acids is 1. The Morgan fingerprint density at radius 1 is 1.20 bits per heavy atom. The van der Waals surface area contributed by atoms with Crippen LogP contribution in [0, 0.1) is 5.92 Å². The summed E-state index contributed by atoms with van der Waals surface area (Å²) in [6, 6.07) is 14.1. The minimum atomic E-state index is -0.0723. The maximum Gasteiger partial charge on any atom is 0.269 e. The molecule has 0 atom stereocenters. The first-order valence-corrected chi connectivity index (χ1v) is 10.0. The molecule has 0 unspecified atom stereocenters. The molecule has 2 aromatic rings.